The van der Waals surface area contributed by atoms with Crippen LogP contribution in [0.25, 0.3) is 0 Å². The molecule has 11 nitrogen and oxygen atoms in total. The van der Waals surface area contributed by atoms with E-state index < -0.39 is 45.4 Å². The first kappa shape index (κ1) is 23.1. The fourth-order valence-electron chi connectivity index (χ4n) is 2.24. The van der Waals surface area contributed by atoms with Gasteiger partial charge in [0.1, 0.15) is 16.4 Å². The van der Waals surface area contributed by atoms with E-state index in [0.717, 1.165) is 6.07 Å². The minimum atomic E-state index is -4.72. The average molecular weight is 454 g/mol. The first-order valence-electron chi connectivity index (χ1n) is 8.12. The van der Waals surface area contributed by atoms with Crippen LogP contribution in [0.15, 0.2) is 27.9 Å². The zero-order valence-corrected chi connectivity index (χ0v) is 16.7. The molecule has 1 N–H and O–H groups in total. The number of halogens is 3. The van der Waals surface area contributed by atoms with Gasteiger partial charge in [-0.25, -0.2) is 27.3 Å². The molecule has 0 bridgehead atoms. The van der Waals surface area contributed by atoms with E-state index in [-0.39, 0.29) is 22.7 Å². The fraction of sp³-hybridized carbons (Fsp3) is 0.400. The fourth-order valence-corrected chi connectivity index (χ4v) is 3.36. The molecule has 0 saturated heterocycles. The Kier molecular flexibility index (Phi) is 6.64. The summed E-state index contributed by atoms with van der Waals surface area (Å²) in [4.78, 5) is 24.1. The Morgan fingerprint density at radius 1 is 1.23 bits per heavy atom. The number of sulfonamides is 1. The van der Waals surface area contributed by atoms with Crippen molar-refractivity contribution < 1.29 is 40.6 Å². The van der Waals surface area contributed by atoms with Crippen LogP contribution in [0.2, 0.25) is 0 Å². The molecule has 1 heterocycles. The van der Waals surface area contributed by atoms with Crippen molar-refractivity contribution in [3.05, 3.63) is 28.7 Å². The lowest BCUT2D eigenvalue weighted by Gasteiger charge is -2.11. The van der Waals surface area contributed by atoms with Crippen molar-refractivity contribution in [1.82, 2.24) is 19.1 Å². The van der Waals surface area contributed by atoms with Gasteiger partial charge in [0.05, 0.1) is 14.2 Å². The molecule has 0 aliphatic carbocycles. The lowest BCUT2D eigenvalue weighted by atomic mass is 10.3. The standard InChI is InChI=1S/C15H17F3N4O7S/c1-4-21-13(29-8-15(16,17)18)19-22(14(21)24)12(23)20-30(25,26)11-7-9(27-2)5-6-10(11)28-3/h5-7H,4,8H2,1-3H3,(H,20,23). The Morgan fingerprint density at radius 3 is 2.43 bits per heavy atom. The topological polar surface area (TPSA) is 131 Å². The van der Waals surface area contributed by atoms with Crippen LogP contribution in [0.5, 0.6) is 17.5 Å². The van der Waals surface area contributed by atoms with Gasteiger partial charge in [0.15, 0.2) is 6.61 Å². The molecule has 0 atom stereocenters. The highest BCUT2D eigenvalue weighted by Gasteiger charge is 2.31. The zero-order chi connectivity index (χ0) is 22.7. The number of rotatable bonds is 7. The number of carbonyl (C=O) groups excluding carboxylic acids is 1. The predicted octanol–water partition coefficient (Wildman–Crippen LogP) is 0.970. The Balaban J connectivity index is 2.38. The van der Waals surface area contributed by atoms with Crippen molar-refractivity contribution >= 4 is 16.1 Å². The van der Waals surface area contributed by atoms with Crippen LogP contribution < -0.4 is 24.6 Å². The van der Waals surface area contributed by atoms with Gasteiger partial charge >= 0.3 is 23.9 Å². The Labute approximate surface area is 168 Å². The molecule has 0 aliphatic rings. The van der Waals surface area contributed by atoms with Gasteiger partial charge in [0, 0.05) is 12.6 Å². The van der Waals surface area contributed by atoms with E-state index >= 15 is 0 Å². The summed E-state index contributed by atoms with van der Waals surface area (Å²) in [6.45, 7) is -0.552. The number of hydrogen-bond acceptors (Lipinski definition) is 8. The van der Waals surface area contributed by atoms with Crippen LogP contribution in [0.3, 0.4) is 0 Å². The normalized spacial score (nSPS) is 11.8. The molecule has 2 rings (SSSR count). The molecule has 2 aromatic rings. The Morgan fingerprint density at radius 2 is 1.90 bits per heavy atom. The minimum Gasteiger partial charge on any atom is -0.497 e. The minimum absolute atomic E-state index is 0.0411. The smallest absolute Gasteiger partial charge is 0.422 e. The molecule has 1 amide bonds. The predicted molar refractivity (Wildman–Crippen MR) is 94.4 cm³/mol. The van der Waals surface area contributed by atoms with E-state index in [9.17, 15) is 31.2 Å². The maximum absolute atomic E-state index is 12.6. The number of carbonyl (C=O) groups is 1. The van der Waals surface area contributed by atoms with Gasteiger partial charge in [0.2, 0.25) is 0 Å². The average Bonchev–Trinajstić information content (AvgIpc) is 3.00. The number of nitrogens with one attached hydrogen (secondary N) is 1. The number of nitrogens with zero attached hydrogens (tertiary/aromatic N) is 3. The molecule has 0 fully saturated rings. The van der Waals surface area contributed by atoms with Gasteiger partial charge in [0.25, 0.3) is 10.0 Å². The molecule has 0 aliphatic heterocycles. The molecule has 1 aromatic heterocycles. The third kappa shape index (κ3) is 5.03. The monoisotopic (exact) mass is 454 g/mol. The van der Waals surface area contributed by atoms with Gasteiger partial charge in [-0.3, -0.25) is 0 Å². The molecule has 0 spiro atoms. The number of ether oxygens (including phenoxy) is 3. The second-order valence-electron chi connectivity index (χ2n) is 5.55. The summed E-state index contributed by atoms with van der Waals surface area (Å²) in [5.41, 5.74) is -1.19. The highest BCUT2D eigenvalue weighted by molar-refractivity contribution is 7.90. The van der Waals surface area contributed by atoms with Crippen molar-refractivity contribution in [3.8, 4) is 17.5 Å². The van der Waals surface area contributed by atoms with Crippen molar-refractivity contribution in [3.63, 3.8) is 0 Å². The van der Waals surface area contributed by atoms with Crippen molar-refractivity contribution in [2.75, 3.05) is 20.8 Å². The quantitative estimate of drug-likeness (QED) is 0.655. The highest BCUT2D eigenvalue weighted by Crippen LogP contribution is 2.28. The van der Waals surface area contributed by atoms with Crippen LogP contribution in [-0.2, 0) is 16.6 Å². The van der Waals surface area contributed by atoms with Crippen molar-refractivity contribution in [1.29, 1.82) is 0 Å². The SMILES string of the molecule is CCn1c(OCC(F)(F)F)nn(C(=O)NS(=O)(=O)c2cc(OC)ccc2OC)c1=O. The third-order valence-electron chi connectivity index (χ3n) is 3.58. The summed E-state index contributed by atoms with van der Waals surface area (Å²) < 4.78 is 78.8. The van der Waals surface area contributed by atoms with Crippen LogP contribution in [0.4, 0.5) is 18.0 Å². The van der Waals surface area contributed by atoms with Crippen LogP contribution >= 0.6 is 0 Å². The summed E-state index contributed by atoms with van der Waals surface area (Å²) in [6.07, 6.45) is -4.72. The summed E-state index contributed by atoms with van der Waals surface area (Å²) >= 11 is 0. The highest BCUT2D eigenvalue weighted by atomic mass is 32.2. The summed E-state index contributed by atoms with van der Waals surface area (Å²) in [6, 6.07) is 1.43. The molecule has 0 radical (unpaired) electrons. The zero-order valence-electron chi connectivity index (χ0n) is 15.9. The molecular weight excluding hydrogens is 437 g/mol. The molecule has 0 saturated carbocycles. The number of amides is 1. The molecule has 15 heteroatoms. The van der Waals surface area contributed by atoms with Crippen molar-refractivity contribution in [2.45, 2.75) is 24.5 Å². The molecule has 166 valence electrons. The van der Waals surface area contributed by atoms with Crippen LogP contribution in [-0.4, -0.2) is 55.8 Å². The number of methoxy groups -OCH3 is 2. The van der Waals surface area contributed by atoms with Gasteiger partial charge in [-0.05, 0) is 19.1 Å². The van der Waals surface area contributed by atoms with E-state index in [2.05, 4.69) is 9.84 Å². The lowest BCUT2D eigenvalue weighted by Crippen LogP contribution is -2.40. The van der Waals surface area contributed by atoms with E-state index in [1.807, 2.05) is 0 Å². The van der Waals surface area contributed by atoms with Crippen LogP contribution in [0.1, 0.15) is 6.92 Å². The van der Waals surface area contributed by atoms with Crippen molar-refractivity contribution in [2.24, 2.45) is 0 Å². The maximum Gasteiger partial charge on any atom is 0.422 e. The van der Waals surface area contributed by atoms with E-state index in [4.69, 9.17) is 9.47 Å². The van der Waals surface area contributed by atoms with Crippen LogP contribution in [0, 0.1) is 0 Å². The Bertz CT molecular complexity index is 1090. The van der Waals surface area contributed by atoms with Gasteiger partial charge < -0.3 is 14.2 Å². The number of hydrogen-bond donors (Lipinski definition) is 1. The summed E-state index contributed by atoms with van der Waals surface area (Å²) in [5.74, 6) is 0.00984. The summed E-state index contributed by atoms with van der Waals surface area (Å²) in [5, 5.41) is 3.35. The van der Waals surface area contributed by atoms with Gasteiger partial charge in [-0.2, -0.15) is 13.2 Å². The van der Waals surface area contributed by atoms with E-state index in [1.165, 1.54) is 33.3 Å². The lowest BCUT2D eigenvalue weighted by molar-refractivity contribution is -0.155. The number of alkyl halides is 3. The largest absolute Gasteiger partial charge is 0.497 e. The second-order valence-corrected chi connectivity index (χ2v) is 7.20. The number of aromatic nitrogens is 3. The first-order chi connectivity index (χ1) is 13.9. The number of benzene rings is 1. The van der Waals surface area contributed by atoms with Gasteiger partial charge in [-0.1, -0.05) is 0 Å². The molecular formula is C15H17F3N4O7S. The first-order valence-corrected chi connectivity index (χ1v) is 9.60. The van der Waals surface area contributed by atoms with E-state index in [1.54, 1.807) is 4.72 Å². The van der Waals surface area contributed by atoms with E-state index in [0.29, 0.717) is 4.57 Å². The summed E-state index contributed by atoms with van der Waals surface area (Å²) in [7, 11) is -2.10. The third-order valence-corrected chi connectivity index (χ3v) is 4.93. The van der Waals surface area contributed by atoms with Gasteiger partial charge in [-0.15, -0.1) is 9.78 Å². The molecule has 30 heavy (non-hydrogen) atoms. The molecule has 0 unspecified atom stereocenters. The second kappa shape index (κ2) is 8.64. The maximum atomic E-state index is 12.6. The molecule has 1 aromatic carbocycles. The Hall–Kier alpha value is -3.23.